The molecule has 3 rings (SSSR count). The van der Waals surface area contributed by atoms with Gasteiger partial charge in [0.25, 0.3) is 0 Å². The number of benzene rings is 1. The van der Waals surface area contributed by atoms with Crippen molar-refractivity contribution in [3.05, 3.63) is 41.5 Å². The zero-order valence-corrected chi connectivity index (χ0v) is 9.63. The van der Waals surface area contributed by atoms with Crippen LogP contribution >= 0.6 is 0 Å². The number of nitrogens with zero attached hydrogens (tertiary/aromatic N) is 1. The van der Waals surface area contributed by atoms with Gasteiger partial charge in [-0.2, -0.15) is 5.26 Å². The Balaban J connectivity index is 2.15. The van der Waals surface area contributed by atoms with Crippen LogP contribution in [0.5, 0.6) is 0 Å². The number of hydrogen-bond acceptors (Lipinski definition) is 3. The van der Waals surface area contributed by atoms with Crippen LogP contribution in [-0.2, 0) is 4.79 Å². The van der Waals surface area contributed by atoms with E-state index in [1.54, 1.807) is 6.07 Å². The lowest BCUT2D eigenvalue weighted by Crippen LogP contribution is -2.42. The normalized spacial score (nSPS) is 27.8. The Morgan fingerprint density at radius 1 is 1.50 bits per heavy atom. The first-order chi connectivity index (χ1) is 8.72. The zero-order valence-electron chi connectivity index (χ0n) is 9.63. The van der Waals surface area contributed by atoms with E-state index in [9.17, 15) is 9.90 Å². The van der Waals surface area contributed by atoms with Crippen LogP contribution < -0.4 is 5.32 Å². The minimum absolute atomic E-state index is 0.0453. The van der Waals surface area contributed by atoms with Crippen LogP contribution in [0, 0.1) is 17.2 Å². The van der Waals surface area contributed by atoms with Gasteiger partial charge in [-0.1, -0.05) is 24.3 Å². The van der Waals surface area contributed by atoms with Gasteiger partial charge in [0, 0.05) is 11.8 Å². The fraction of sp³-hybridized carbons (Fsp3) is 0.286. The zero-order chi connectivity index (χ0) is 12.7. The second-order valence-corrected chi connectivity index (χ2v) is 4.70. The molecule has 0 saturated carbocycles. The largest absolute Gasteiger partial charge is 0.480 e. The van der Waals surface area contributed by atoms with Gasteiger partial charge < -0.3 is 10.4 Å². The van der Waals surface area contributed by atoms with E-state index in [0.29, 0.717) is 11.3 Å². The number of aliphatic carboxylic acids is 1. The second-order valence-electron chi connectivity index (χ2n) is 4.70. The van der Waals surface area contributed by atoms with E-state index >= 15 is 0 Å². The van der Waals surface area contributed by atoms with Crippen molar-refractivity contribution in [3.63, 3.8) is 0 Å². The number of allylic oxidation sites excluding steroid dienone is 2. The molecule has 2 aliphatic rings. The van der Waals surface area contributed by atoms with E-state index in [1.165, 1.54) is 0 Å². The topological polar surface area (TPSA) is 73.1 Å². The van der Waals surface area contributed by atoms with Crippen LogP contribution in [0.25, 0.3) is 0 Å². The molecule has 0 saturated heterocycles. The van der Waals surface area contributed by atoms with Gasteiger partial charge in [-0.3, -0.25) is 0 Å². The molecule has 1 aliphatic carbocycles. The van der Waals surface area contributed by atoms with Crippen molar-refractivity contribution >= 4 is 11.7 Å². The van der Waals surface area contributed by atoms with Crippen molar-refractivity contribution < 1.29 is 9.90 Å². The van der Waals surface area contributed by atoms with Gasteiger partial charge in [0.1, 0.15) is 12.1 Å². The molecule has 0 aromatic heterocycles. The van der Waals surface area contributed by atoms with Crippen LogP contribution in [-0.4, -0.2) is 17.1 Å². The molecule has 90 valence electrons. The van der Waals surface area contributed by atoms with Gasteiger partial charge in [0.2, 0.25) is 0 Å². The lowest BCUT2D eigenvalue weighted by Gasteiger charge is -2.35. The summed E-state index contributed by atoms with van der Waals surface area (Å²) in [7, 11) is 0. The molecule has 1 aromatic rings. The molecule has 1 aromatic carbocycles. The van der Waals surface area contributed by atoms with Crippen molar-refractivity contribution in [1.82, 2.24) is 0 Å². The Bertz CT molecular complexity index is 586. The molecule has 0 amide bonds. The minimum atomic E-state index is -0.855. The van der Waals surface area contributed by atoms with E-state index in [4.69, 9.17) is 5.26 Å². The third-order valence-electron chi connectivity index (χ3n) is 3.78. The molecule has 0 fully saturated rings. The van der Waals surface area contributed by atoms with Gasteiger partial charge in [-0.15, -0.1) is 0 Å². The summed E-state index contributed by atoms with van der Waals surface area (Å²) >= 11 is 0. The van der Waals surface area contributed by atoms with Gasteiger partial charge in [-0.05, 0) is 18.1 Å². The Morgan fingerprint density at radius 2 is 2.33 bits per heavy atom. The third-order valence-corrected chi connectivity index (χ3v) is 3.78. The highest BCUT2D eigenvalue weighted by molar-refractivity contribution is 5.82. The molecule has 3 atom stereocenters. The fourth-order valence-corrected chi connectivity index (χ4v) is 2.96. The van der Waals surface area contributed by atoms with Crippen molar-refractivity contribution in [2.45, 2.75) is 18.4 Å². The maximum Gasteiger partial charge on any atom is 0.326 e. The summed E-state index contributed by atoms with van der Waals surface area (Å²) in [6, 6.07) is 7.03. The standard InChI is InChI=1S/C14H12N2O2/c15-7-8-3-1-5-10-9-4-2-6-11(9)13(14(17)18)16-12(8)10/h1-5,9,11,13,16H,6H2,(H,17,18)/t9-,11-,13-/m0/s1. The molecular formula is C14H12N2O2. The van der Waals surface area contributed by atoms with E-state index in [2.05, 4.69) is 17.5 Å². The maximum absolute atomic E-state index is 11.3. The van der Waals surface area contributed by atoms with E-state index < -0.39 is 12.0 Å². The van der Waals surface area contributed by atoms with Crippen molar-refractivity contribution in [2.24, 2.45) is 5.92 Å². The predicted molar refractivity (Wildman–Crippen MR) is 66.2 cm³/mol. The monoisotopic (exact) mass is 240 g/mol. The van der Waals surface area contributed by atoms with Crippen molar-refractivity contribution in [3.8, 4) is 6.07 Å². The number of para-hydroxylation sites is 1. The average molecular weight is 240 g/mol. The number of anilines is 1. The maximum atomic E-state index is 11.3. The predicted octanol–water partition coefficient (Wildman–Crippen LogP) is 2.10. The third kappa shape index (κ3) is 1.41. The Labute approximate surface area is 105 Å². The molecule has 0 unspecified atom stereocenters. The first kappa shape index (κ1) is 10.8. The van der Waals surface area contributed by atoms with Crippen molar-refractivity contribution in [1.29, 1.82) is 5.26 Å². The highest BCUT2D eigenvalue weighted by Gasteiger charge is 2.41. The number of fused-ring (bicyclic) bond motifs is 3. The van der Waals surface area contributed by atoms with Crippen LogP contribution in [0.3, 0.4) is 0 Å². The number of nitriles is 1. The molecule has 0 bridgehead atoms. The molecule has 18 heavy (non-hydrogen) atoms. The van der Waals surface area contributed by atoms with Crippen LogP contribution in [0.2, 0.25) is 0 Å². The molecular weight excluding hydrogens is 228 g/mol. The Morgan fingerprint density at radius 3 is 3.06 bits per heavy atom. The fourth-order valence-electron chi connectivity index (χ4n) is 2.96. The number of carboxylic acids is 1. The van der Waals surface area contributed by atoms with E-state index in [-0.39, 0.29) is 11.8 Å². The summed E-state index contributed by atoms with van der Waals surface area (Å²) in [5, 5.41) is 21.4. The Hall–Kier alpha value is -2.28. The molecule has 1 aliphatic heterocycles. The van der Waals surface area contributed by atoms with E-state index in [0.717, 1.165) is 12.0 Å². The summed E-state index contributed by atoms with van der Waals surface area (Å²) in [4.78, 5) is 11.3. The quantitative estimate of drug-likeness (QED) is 0.737. The van der Waals surface area contributed by atoms with Gasteiger partial charge >= 0.3 is 5.97 Å². The lowest BCUT2D eigenvalue weighted by molar-refractivity contribution is -0.139. The first-order valence-corrected chi connectivity index (χ1v) is 5.91. The summed E-state index contributed by atoms with van der Waals surface area (Å²) in [6.07, 6.45) is 4.85. The average Bonchev–Trinajstić information content (AvgIpc) is 2.86. The molecule has 0 spiro atoms. The number of nitrogens with one attached hydrogen (secondary N) is 1. The lowest BCUT2D eigenvalue weighted by atomic mass is 9.78. The van der Waals surface area contributed by atoms with Crippen molar-refractivity contribution in [2.75, 3.05) is 5.32 Å². The number of rotatable bonds is 1. The summed E-state index contributed by atoms with van der Waals surface area (Å²) < 4.78 is 0. The van der Waals surface area contributed by atoms with Gasteiger partial charge in [-0.25, -0.2) is 4.79 Å². The number of carbonyl (C=O) groups is 1. The highest BCUT2D eigenvalue weighted by atomic mass is 16.4. The molecule has 1 heterocycles. The first-order valence-electron chi connectivity index (χ1n) is 5.91. The number of carboxylic acid groups (broad SMARTS) is 1. The molecule has 0 radical (unpaired) electrons. The van der Waals surface area contributed by atoms with Crippen LogP contribution in [0.1, 0.15) is 23.5 Å². The molecule has 4 nitrogen and oxygen atoms in total. The number of hydrogen-bond donors (Lipinski definition) is 2. The Kier molecular flexibility index (Phi) is 2.34. The van der Waals surface area contributed by atoms with Gasteiger partial charge in [0.15, 0.2) is 0 Å². The SMILES string of the molecule is N#Cc1cccc2c1N[C@H](C(=O)O)[C@H]1CC=C[C@@H]21. The highest BCUT2D eigenvalue weighted by Crippen LogP contribution is 2.45. The molecule has 4 heteroatoms. The van der Waals surface area contributed by atoms with E-state index in [1.807, 2.05) is 18.2 Å². The summed E-state index contributed by atoms with van der Waals surface area (Å²) in [6.45, 7) is 0. The van der Waals surface area contributed by atoms with Gasteiger partial charge in [0.05, 0.1) is 11.3 Å². The smallest absolute Gasteiger partial charge is 0.326 e. The summed E-state index contributed by atoms with van der Waals surface area (Å²) in [5.41, 5.74) is 2.23. The van der Waals surface area contributed by atoms with Crippen LogP contribution in [0.15, 0.2) is 30.4 Å². The van der Waals surface area contributed by atoms with Crippen LogP contribution in [0.4, 0.5) is 5.69 Å². The molecule has 2 N–H and O–H groups in total. The minimum Gasteiger partial charge on any atom is -0.480 e. The second kappa shape index (κ2) is 3.88. The summed E-state index contributed by atoms with van der Waals surface area (Å²) in [5.74, 6) is -0.702.